The number of nitrogens with one attached hydrogen (secondary N) is 1. The van der Waals surface area contributed by atoms with Crippen LogP contribution >= 0.6 is 11.3 Å². The number of nitrogens with zero attached hydrogens (tertiary/aromatic N) is 2. The fourth-order valence-electron chi connectivity index (χ4n) is 3.13. The molecule has 5 heteroatoms. The molecule has 0 bridgehead atoms. The Morgan fingerprint density at radius 1 is 1.35 bits per heavy atom. The van der Waals surface area contributed by atoms with Crippen molar-refractivity contribution in [3.05, 3.63) is 29.3 Å². The first-order valence-corrected chi connectivity index (χ1v) is 9.34. The van der Waals surface area contributed by atoms with E-state index in [1.807, 2.05) is 11.0 Å². The normalized spacial score (nSPS) is 21.7. The largest absolute Gasteiger partial charge is 0.337 e. The maximum atomic E-state index is 12.4. The average molecular weight is 331 g/mol. The van der Waals surface area contributed by atoms with Crippen molar-refractivity contribution in [3.63, 3.8) is 0 Å². The van der Waals surface area contributed by atoms with Gasteiger partial charge in [-0.2, -0.15) is 0 Å². The molecule has 2 unspecified atom stereocenters. The molecule has 2 aromatic rings. The van der Waals surface area contributed by atoms with Crippen LogP contribution in [0.4, 0.5) is 0 Å². The summed E-state index contributed by atoms with van der Waals surface area (Å²) >= 11 is 1.77. The highest BCUT2D eigenvalue weighted by Crippen LogP contribution is 2.23. The summed E-state index contributed by atoms with van der Waals surface area (Å²) in [5, 5.41) is 4.60. The van der Waals surface area contributed by atoms with Gasteiger partial charge in [-0.05, 0) is 45.2 Å². The van der Waals surface area contributed by atoms with E-state index in [1.54, 1.807) is 11.3 Å². The number of carbonyl (C=O) groups is 1. The van der Waals surface area contributed by atoms with Crippen molar-refractivity contribution in [2.45, 2.75) is 51.6 Å². The maximum absolute atomic E-state index is 12.4. The monoisotopic (exact) mass is 331 g/mol. The van der Waals surface area contributed by atoms with Gasteiger partial charge in [0.1, 0.15) is 0 Å². The van der Waals surface area contributed by atoms with Gasteiger partial charge in [0.2, 0.25) is 5.91 Å². The summed E-state index contributed by atoms with van der Waals surface area (Å²) < 4.78 is 1.25. The Bertz CT molecular complexity index is 636. The first-order chi connectivity index (χ1) is 11.1. The SMILES string of the molecule is CC1NCCN(C(=O)CCCCc2nc3ccccc3s2)C1C. The Kier molecular flexibility index (Phi) is 5.28. The van der Waals surface area contributed by atoms with Gasteiger partial charge in [-0.15, -0.1) is 11.3 Å². The molecule has 1 aliphatic rings. The molecular weight excluding hydrogens is 306 g/mol. The van der Waals surface area contributed by atoms with Gasteiger partial charge in [0, 0.05) is 31.6 Å². The quantitative estimate of drug-likeness (QED) is 0.856. The molecule has 1 aromatic carbocycles. The van der Waals surface area contributed by atoms with E-state index in [0.717, 1.165) is 37.9 Å². The van der Waals surface area contributed by atoms with Crippen molar-refractivity contribution in [3.8, 4) is 0 Å². The van der Waals surface area contributed by atoms with Gasteiger partial charge in [0.05, 0.1) is 15.2 Å². The van der Waals surface area contributed by atoms with Crippen LogP contribution in [-0.2, 0) is 11.2 Å². The van der Waals surface area contributed by atoms with E-state index in [9.17, 15) is 4.79 Å². The highest BCUT2D eigenvalue weighted by atomic mass is 32.1. The van der Waals surface area contributed by atoms with Crippen LogP contribution in [0.5, 0.6) is 0 Å². The molecule has 0 aliphatic carbocycles. The molecule has 2 atom stereocenters. The van der Waals surface area contributed by atoms with E-state index >= 15 is 0 Å². The van der Waals surface area contributed by atoms with Crippen LogP contribution < -0.4 is 5.32 Å². The lowest BCUT2D eigenvalue weighted by Gasteiger charge is -2.38. The molecule has 4 nitrogen and oxygen atoms in total. The van der Waals surface area contributed by atoms with Crippen LogP contribution in [0.2, 0.25) is 0 Å². The lowest BCUT2D eigenvalue weighted by Crippen LogP contribution is -2.57. The summed E-state index contributed by atoms with van der Waals surface area (Å²) in [6, 6.07) is 8.94. The smallest absolute Gasteiger partial charge is 0.222 e. The van der Waals surface area contributed by atoms with Crippen molar-refractivity contribution >= 4 is 27.5 Å². The van der Waals surface area contributed by atoms with Crippen LogP contribution in [0.1, 0.15) is 38.1 Å². The van der Waals surface area contributed by atoms with E-state index < -0.39 is 0 Å². The summed E-state index contributed by atoms with van der Waals surface area (Å²) in [6.45, 7) is 6.03. The number of unbranched alkanes of at least 4 members (excludes halogenated alkanes) is 1. The van der Waals surface area contributed by atoms with Gasteiger partial charge in [-0.3, -0.25) is 4.79 Å². The zero-order valence-corrected chi connectivity index (χ0v) is 14.7. The molecule has 23 heavy (non-hydrogen) atoms. The molecule has 0 saturated carbocycles. The van der Waals surface area contributed by atoms with Crippen LogP contribution in [0, 0.1) is 0 Å². The van der Waals surface area contributed by atoms with Crippen molar-refractivity contribution < 1.29 is 4.79 Å². The number of rotatable bonds is 5. The fourth-order valence-corrected chi connectivity index (χ4v) is 4.14. The fraction of sp³-hybridized carbons (Fsp3) is 0.556. The molecule has 0 radical (unpaired) electrons. The minimum Gasteiger partial charge on any atom is -0.337 e. The van der Waals surface area contributed by atoms with E-state index in [1.165, 1.54) is 9.71 Å². The number of hydrogen-bond acceptors (Lipinski definition) is 4. The second-order valence-corrected chi connectivity index (χ2v) is 7.47. The number of amides is 1. The van der Waals surface area contributed by atoms with Crippen molar-refractivity contribution in [1.29, 1.82) is 0 Å². The van der Waals surface area contributed by atoms with Crippen molar-refractivity contribution in [1.82, 2.24) is 15.2 Å². The van der Waals surface area contributed by atoms with Crippen molar-refractivity contribution in [2.75, 3.05) is 13.1 Å². The Labute approximate surface area is 141 Å². The second-order valence-electron chi connectivity index (χ2n) is 6.35. The van der Waals surface area contributed by atoms with Gasteiger partial charge in [-0.1, -0.05) is 12.1 Å². The van der Waals surface area contributed by atoms with E-state index in [2.05, 4.69) is 42.3 Å². The zero-order valence-electron chi connectivity index (χ0n) is 13.9. The number of carbonyl (C=O) groups excluding carboxylic acids is 1. The summed E-state index contributed by atoms with van der Waals surface area (Å²) in [7, 11) is 0. The van der Waals surface area contributed by atoms with Crippen LogP contribution in [0.15, 0.2) is 24.3 Å². The van der Waals surface area contributed by atoms with Crippen LogP contribution in [0.25, 0.3) is 10.2 Å². The number of hydrogen-bond donors (Lipinski definition) is 1. The summed E-state index contributed by atoms with van der Waals surface area (Å²) in [5.41, 5.74) is 1.09. The summed E-state index contributed by atoms with van der Waals surface area (Å²) in [4.78, 5) is 19.1. The predicted octanol–water partition coefficient (Wildman–Crippen LogP) is 3.22. The van der Waals surface area contributed by atoms with Gasteiger partial charge in [0.15, 0.2) is 0 Å². The Balaban J connectivity index is 1.45. The highest BCUT2D eigenvalue weighted by molar-refractivity contribution is 7.18. The number of piperazine rings is 1. The molecule has 3 rings (SSSR count). The summed E-state index contributed by atoms with van der Waals surface area (Å²) in [6.07, 6.45) is 3.60. The third-order valence-electron chi connectivity index (χ3n) is 4.72. The number of benzene rings is 1. The standard InChI is InChI=1S/C18H25N3OS/c1-13-14(2)21(12-11-19-13)18(22)10-6-5-9-17-20-15-7-3-4-8-16(15)23-17/h3-4,7-8,13-14,19H,5-6,9-12H2,1-2H3. The van der Waals surface area contributed by atoms with Crippen LogP contribution in [-0.4, -0.2) is 41.0 Å². The van der Waals surface area contributed by atoms with Crippen molar-refractivity contribution in [2.24, 2.45) is 0 Å². The molecule has 124 valence electrons. The predicted molar refractivity (Wildman–Crippen MR) is 95.8 cm³/mol. The first-order valence-electron chi connectivity index (χ1n) is 8.52. The van der Waals surface area contributed by atoms with Gasteiger partial charge < -0.3 is 10.2 Å². The van der Waals surface area contributed by atoms with E-state index in [4.69, 9.17) is 0 Å². The molecule has 2 heterocycles. The lowest BCUT2D eigenvalue weighted by molar-refractivity contribution is -0.135. The molecule has 1 aliphatic heterocycles. The number of aryl methyl sites for hydroxylation is 1. The van der Waals surface area contributed by atoms with Gasteiger partial charge >= 0.3 is 0 Å². The Hall–Kier alpha value is -1.46. The molecular formula is C18H25N3OS. The maximum Gasteiger partial charge on any atom is 0.222 e. The Morgan fingerprint density at radius 2 is 2.17 bits per heavy atom. The third kappa shape index (κ3) is 3.90. The molecule has 1 aromatic heterocycles. The molecule has 1 amide bonds. The molecule has 1 fully saturated rings. The minimum atomic E-state index is 0.292. The average Bonchev–Trinajstić information content (AvgIpc) is 2.96. The molecule has 1 saturated heterocycles. The first kappa shape index (κ1) is 16.4. The number of para-hydroxylation sites is 1. The third-order valence-corrected chi connectivity index (χ3v) is 5.82. The van der Waals surface area contributed by atoms with Gasteiger partial charge in [0.25, 0.3) is 0 Å². The van der Waals surface area contributed by atoms with E-state index in [-0.39, 0.29) is 0 Å². The number of thiazole rings is 1. The summed E-state index contributed by atoms with van der Waals surface area (Å²) in [5.74, 6) is 0.301. The topological polar surface area (TPSA) is 45.2 Å². The zero-order chi connectivity index (χ0) is 16.2. The van der Waals surface area contributed by atoms with Gasteiger partial charge in [-0.25, -0.2) is 4.98 Å². The highest BCUT2D eigenvalue weighted by Gasteiger charge is 2.27. The second kappa shape index (κ2) is 7.41. The van der Waals surface area contributed by atoms with E-state index in [0.29, 0.717) is 24.4 Å². The number of fused-ring (bicyclic) bond motifs is 1. The Morgan fingerprint density at radius 3 is 3.00 bits per heavy atom. The van der Waals surface area contributed by atoms with Crippen LogP contribution in [0.3, 0.4) is 0 Å². The molecule has 1 N–H and O–H groups in total. The minimum absolute atomic E-state index is 0.292. The number of aromatic nitrogens is 1. The molecule has 0 spiro atoms. The lowest BCUT2D eigenvalue weighted by atomic mass is 10.1.